The second-order valence-electron chi connectivity index (χ2n) is 7.85. The maximum absolute atomic E-state index is 6.07. The van der Waals surface area contributed by atoms with Gasteiger partial charge in [0.1, 0.15) is 12.2 Å². The molecule has 3 unspecified atom stereocenters. The molecule has 118 valence electrons. The Kier molecular flexibility index (Phi) is 4.06. The van der Waals surface area contributed by atoms with Gasteiger partial charge in [-0.3, -0.25) is 4.90 Å². The molecule has 1 fully saturated rings. The monoisotopic (exact) mass is 291 g/mol. The smallest absolute Gasteiger partial charge is 0.147 e. The highest BCUT2D eigenvalue weighted by Crippen LogP contribution is 2.41. The van der Waals surface area contributed by atoms with Gasteiger partial charge in [0.15, 0.2) is 0 Å². The van der Waals surface area contributed by atoms with E-state index < -0.39 is 0 Å². The summed E-state index contributed by atoms with van der Waals surface area (Å²) in [6.07, 6.45) is 5.73. The lowest BCUT2D eigenvalue weighted by atomic mass is 9.67. The zero-order valence-electron chi connectivity index (χ0n) is 13.6. The van der Waals surface area contributed by atoms with E-state index in [9.17, 15) is 0 Å². The maximum atomic E-state index is 6.07. The molecular formula is C16H29N5. The van der Waals surface area contributed by atoms with Crippen LogP contribution >= 0.6 is 0 Å². The van der Waals surface area contributed by atoms with Gasteiger partial charge in [-0.15, -0.1) is 10.2 Å². The third kappa shape index (κ3) is 2.99. The van der Waals surface area contributed by atoms with Gasteiger partial charge in [0.25, 0.3) is 0 Å². The third-order valence-corrected chi connectivity index (χ3v) is 5.62. The summed E-state index contributed by atoms with van der Waals surface area (Å²) in [6, 6.07) is 0.610. The van der Waals surface area contributed by atoms with Gasteiger partial charge in [-0.2, -0.15) is 0 Å². The first-order valence-corrected chi connectivity index (χ1v) is 8.30. The molecule has 0 saturated heterocycles. The van der Waals surface area contributed by atoms with Gasteiger partial charge >= 0.3 is 0 Å². The fraction of sp³-hybridized carbons (Fsp3) is 0.875. The van der Waals surface area contributed by atoms with Gasteiger partial charge in [-0.25, -0.2) is 0 Å². The van der Waals surface area contributed by atoms with Gasteiger partial charge in [0.05, 0.1) is 6.54 Å². The molecule has 1 aliphatic carbocycles. The average Bonchev–Trinajstić information content (AvgIpc) is 2.93. The minimum atomic E-state index is 0.396. The van der Waals surface area contributed by atoms with Crippen LogP contribution in [0.15, 0.2) is 6.33 Å². The highest BCUT2D eigenvalue weighted by Gasteiger charge is 2.38. The zero-order chi connectivity index (χ0) is 15.0. The van der Waals surface area contributed by atoms with Crippen LogP contribution in [0.5, 0.6) is 0 Å². The van der Waals surface area contributed by atoms with Crippen molar-refractivity contribution in [1.29, 1.82) is 0 Å². The number of hydrogen-bond donors (Lipinski definition) is 1. The standard InChI is InChI=1S/C16H29N5/c1-16(2,3)13-5-4-12(9-17)14(8-13)20-6-7-21-11-18-19-15(21)10-20/h11-14H,4-10,17H2,1-3H3. The number of hydrogen-bond acceptors (Lipinski definition) is 4. The zero-order valence-corrected chi connectivity index (χ0v) is 13.6. The summed E-state index contributed by atoms with van der Waals surface area (Å²) < 4.78 is 2.18. The summed E-state index contributed by atoms with van der Waals surface area (Å²) in [7, 11) is 0. The molecule has 2 N–H and O–H groups in total. The molecule has 5 nitrogen and oxygen atoms in total. The predicted octanol–water partition coefficient (Wildman–Crippen LogP) is 1.88. The third-order valence-electron chi connectivity index (χ3n) is 5.62. The summed E-state index contributed by atoms with van der Waals surface area (Å²) in [5, 5.41) is 8.30. The molecule has 0 radical (unpaired) electrons. The van der Waals surface area contributed by atoms with E-state index in [1.54, 1.807) is 0 Å². The Hall–Kier alpha value is -0.940. The largest absolute Gasteiger partial charge is 0.330 e. The van der Waals surface area contributed by atoms with Crippen LogP contribution in [-0.2, 0) is 13.1 Å². The van der Waals surface area contributed by atoms with Crippen molar-refractivity contribution in [2.24, 2.45) is 23.0 Å². The fourth-order valence-electron chi connectivity index (χ4n) is 4.09. The Morgan fingerprint density at radius 1 is 1.29 bits per heavy atom. The van der Waals surface area contributed by atoms with Crippen molar-refractivity contribution in [3.63, 3.8) is 0 Å². The molecule has 2 heterocycles. The van der Waals surface area contributed by atoms with Gasteiger partial charge < -0.3 is 10.3 Å². The molecule has 0 amide bonds. The molecule has 0 bridgehead atoms. The van der Waals surface area contributed by atoms with Gasteiger partial charge in [-0.1, -0.05) is 20.8 Å². The van der Waals surface area contributed by atoms with Crippen molar-refractivity contribution in [3.8, 4) is 0 Å². The molecule has 3 rings (SSSR count). The van der Waals surface area contributed by atoms with Crippen LogP contribution in [0.1, 0.15) is 45.9 Å². The summed E-state index contributed by atoms with van der Waals surface area (Å²) in [4.78, 5) is 2.61. The van der Waals surface area contributed by atoms with E-state index in [0.717, 1.165) is 37.9 Å². The summed E-state index contributed by atoms with van der Waals surface area (Å²) in [5.41, 5.74) is 6.47. The lowest BCUT2D eigenvalue weighted by Gasteiger charge is -2.47. The van der Waals surface area contributed by atoms with E-state index in [2.05, 4.69) is 40.4 Å². The van der Waals surface area contributed by atoms with Gasteiger partial charge in [-0.05, 0) is 43.1 Å². The van der Waals surface area contributed by atoms with Crippen molar-refractivity contribution < 1.29 is 0 Å². The molecule has 0 aromatic carbocycles. The molecular weight excluding hydrogens is 262 g/mol. The van der Waals surface area contributed by atoms with E-state index in [1.807, 2.05) is 6.33 Å². The van der Waals surface area contributed by atoms with E-state index >= 15 is 0 Å². The quantitative estimate of drug-likeness (QED) is 0.904. The molecule has 1 saturated carbocycles. The summed E-state index contributed by atoms with van der Waals surface area (Å²) in [6.45, 7) is 11.0. The Balaban J connectivity index is 1.75. The molecule has 3 atom stereocenters. The highest BCUT2D eigenvalue weighted by atomic mass is 15.3. The van der Waals surface area contributed by atoms with Gasteiger partial charge in [0.2, 0.25) is 0 Å². The minimum absolute atomic E-state index is 0.396. The number of rotatable bonds is 2. The lowest BCUT2D eigenvalue weighted by Crippen LogP contribution is -2.50. The molecule has 1 aromatic rings. The van der Waals surface area contributed by atoms with E-state index in [-0.39, 0.29) is 0 Å². The van der Waals surface area contributed by atoms with Crippen LogP contribution in [0.4, 0.5) is 0 Å². The van der Waals surface area contributed by atoms with Crippen LogP contribution < -0.4 is 5.73 Å². The molecule has 2 aliphatic rings. The number of nitrogens with zero attached hydrogens (tertiary/aromatic N) is 4. The second kappa shape index (κ2) is 5.69. The van der Waals surface area contributed by atoms with Gasteiger partial charge in [0, 0.05) is 19.1 Å². The Morgan fingerprint density at radius 3 is 2.81 bits per heavy atom. The topological polar surface area (TPSA) is 60.0 Å². The number of fused-ring (bicyclic) bond motifs is 1. The molecule has 1 aromatic heterocycles. The van der Waals surface area contributed by atoms with Crippen molar-refractivity contribution >= 4 is 0 Å². The van der Waals surface area contributed by atoms with Crippen LogP contribution in [0, 0.1) is 17.3 Å². The normalized spacial score (nSPS) is 31.1. The molecule has 1 aliphatic heterocycles. The number of nitrogens with two attached hydrogens (primary N) is 1. The molecule has 5 heteroatoms. The van der Waals surface area contributed by atoms with Crippen molar-refractivity contribution in [1.82, 2.24) is 19.7 Å². The fourth-order valence-corrected chi connectivity index (χ4v) is 4.09. The Bertz CT molecular complexity index is 475. The van der Waals surface area contributed by atoms with E-state index in [4.69, 9.17) is 5.73 Å². The average molecular weight is 291 g/mol. The highest BCUT2D eigenvalue weighted by molar-refractivity contribution is 4.96. The Labute approximate surface area is 127 Å². The first-order valence-electron chi connectivity index (χ1n) is 8.30. The first-order chi connectivity index (χ1) is 9.99. The maximum Gasteiger partial charge on any atom is 0.147 e. The first kappa shape index (κ1) is 15.0. The van der Waals surface area contributed by atoms with Crippen LogP contribution in [0.25, 0.3) is 0 Å². The summed E-state index contributed by atoms with van der Waals surface area (Å²) in [5.74, 6) is 2.54. The van der Waals surface area contributed by atoms with E-state index in [0.29, 0.717) is 17.4 Å². The van der Waals surface area contributed by atoms with Crippen molar-refractivity contribution in [2.75, 3.05) is 13.1 Å². The van der Waals surface area contributed by atoms with Crippen LogP contribution in [0.2, 0.25) is 0 Å². The Morgan fingerprint density at radius 2 is 2.10 bits per heavy atom. The lowest BCUT2D eigenvalue weighted by molar-refractivity contribution is 0.0295. The van der Waals surface area contributed by atoms with Crippen LogP contribution in [0.3, 0.4) is 0 Å². The number of aromatic nitrogens is 3. The van der Waals surface area contributed by atoms with Crippen molar-refractivity contribution in [3.05, 3.63) is 12.2 Å². The van der Waals surface area contributed by atoms with E-state index in [1.165, 1.54) is 19.3 Å². The van der Waals surface area contributed by atoms with Crippen LogP contribution in [-0.4, -0.2) is 38.8 Å². The SMILES string of the molecule is CC(C)(C)C1CCC(CN)C(N2CCn3cnnc3C2)C1. The second-order valence-corrected chi connectivity index (χ2v) is 7.85. The van der Waals surface area contributed by atoms with Crippen molar-refractivity contribution in [2.45, 2.75) is 59.2 Å². The summed E-state index contributed by atoms with van der Waals surface area (Å²) >= 11 is 0. The minimum Gasteiger partial charge on any atom is -0.330 e. The predicted molar refractivity (Wildman–Crippen MR) is 83.6 cm³/mol. The molecule has 21 heavy (non-hydrogen) atoms. The molecule has 0 spiro atoms.